The van der Waals surface area contributed by atoms with Crippen molar-refractivity contribution >= 4 is 28.1 Å². The van der Waals surface area contributed by atoms with E-state index < -0.39 is 16.3 Å². The molecule has 0 amide bonds. The molecule has 2 rings (SSSR count). The first kappa shape index (κ1) is 24.9. The zero-order valence-corrected chi connectivity index (χ0v) is 18.7. The summed E-state index contributed by atoms with van der Waals surface area (Å²) in [5.74, 6) is 1.52. The zero-order valence-electron chi connectivity index (χ0n) is 17.1. The van der Waals surface area contributed by atoms with Crippen LogP contribution in [0.1, 0.15) is 32.8 Å². The van der Waals surface area contributed by atoms with Gasteiger partial charge in [-0.2, -0.15) is 0 Å². The highest BCUT2D eigenvalue weighted by molar-refractivity contribution is 7.89. The molecule has 0 aliphatic rings. The number of aryl methyl sites for hydroxylation is 1. The Morgan fingerprint density at radius 3 is 2.34 bits per heavy atom. The molecule has 0 radical (unpaired) electrons. The number of methoxy groups -OCH3 is 1. The fourth-order valence-corrected chi connectivity index (χ4v) is 3.68. The highest BCUT2D eigenvalue weighted by atomic mass is 35.5. The number of hydrogen-bond donors (Lipinski definition) is 2. The molecule has 2 aromatic carbocycles. The van der Waals surface area contributed by atoms with Gasteiger partial charge in [-0.25, -0.2) is 13.6 Å². The normalized spacial score (nSPS) is 11.9. The number of benzene rings is 2. The van der Waals surface area contributed by atoms with Crippen molar-refractivity contribution in [2.45, 2.75) is 44.7 Å². The number of ether oxygens (including phenoxy) is 3. The molecule has 29 heavy (non-hydrogen) atoms. The van der Waals surface area contributed by atoms with Crippen LogP contribution in [-0.2, 0) is 16.4 Å². The van der Waals surface area contributed by atoms with Gasteiger partial charge in [0.25, 0.3) is 0 Å². The third-order valence-electron chi connectivity index (χ3n) is 3.98. The van der Waals surface area contributed by atoms with Gasteiger partial charge < -0.3 is 19.5 Å². The molecule has 0 saturated carbocycles. The summed E-state index contributed by atoms with van der Waals surface area (Å²) in [7, 11) is -2.51. The number of primary sulfonamides is 1. The van der Waals surface area contributed by atoms with Gasteiger partial charge in [0.05, 0.1) is 13.7 Å². The highest BCUT2D eigenvalue weighted by Crippen LogP contribution is 2.33. The fraction of sp³-hybridized carbons (Fsp3) is 0.400. The first-order chi connectivity index (χ1) is 13.3. The standard InChI is InChI=1S/C20H28N2O5S.ClH/c1-5-9-15-12-16(13-19(20(15)25-4)28(21,23)24)22-14(3)27-18-11-8-7-10-17(18)26-6-2;/h7-8,10-14,22H,5-6,9H2,1-4H3,(H2,21,23,24);1H. The third-order valence-corrected chi connectivity index (χ3v) is 4.90. The molecule has 162 valence electrons. The maximum absolute atomic E-state index is 12.0. The molecule has 3 N–H and O–H groups in total. The van der Waals surface area contributed by atoms with Gasteiger partial charge in [0.15, 0.2) is 17.7 Å². The van der Waals surface area contributed by atoms with Crippen molar-refractivity contribution in [3.8, 4) is 17.2 Å². The Morgan fingerprint density at radius 1 is 1.14 bits per heavy atom. The van der Waals surface area contributed by atoms with Crippen molar-refractivity contribution in [2.24, 2.45) is 5.14 Å². The van der Waals surface area contributed by atoms with Crippen molar-refractivity contribution in [1.82, 2.24) is 0 Å². The smallest absolute Gasteiger partial charge is 0.241 e. The Labute approximate surface area is 179 Å². The number of nitrogens with two attached hydrogens (primary N) is 1. The number of halogens is 1. The van der Waals surface area contributed by atoms with Crippen molar-refractivity contribution in [1.29, 1.82) is 0 Å². The summed E-state index contributed by atoms with van der Waals surface area (Å²) in [4.78, 5) is -0.0506. The summed E-state index contributed by atoms with van der Waals surface area (Å²) in [5.41, 5.74) is 1.34. The molecule has 0 fully saturated rings. The predicted molar refractivity (Wildman–Crippen MR) is 117 cm³/mol. The average molecular weight is 445 g/mol. The highest BCUT2D eigenvalue weighted by Gasteiger charge is 2.20. The summed E-state index contributed by atoms with van der Waals surface area (Å²) in [6.07, 6.45) is 1.04. The van der Waals surface area contributed by atoms with E-state index in [1.165, 1.54) is 13.2 Å². The van der Waals surface area contributed by atoms with Crippen molar-refractivity contribution in [3.63, 3.8) is 0 Å². The second-order valence-electron chi connectivity index (χ2n) is 6.25. The molecule has 0 saturated heterocycles. The Balaban J connectivity index is 0.00000420. The average Bonchev–Trinajstić information content (AvgIpc) is 2.62. The molecular weight excluding hydrogens is 416 g/mol. The van der Waals surface area contributed by atoms with Crippen LogP contribution in [0.25, 0.3) is 0 Å². The maximum atomic E-state index is 12.0. The van der Waals surface area contributed by atoms with Crippen LogP contribution in [0, 0.1) is 0 Å². The second-order valence-corrected chi connectivity index (χ2v) is 7.78. The first-order valence-electron chi connectivity index (χ1n) is 9.18. The minimum Gasteiger partial charge on any atom is -0.495 e. The number of rotatable bonds is 10. The van der Waals surface area contributed by atoms with Gasteiger partial charge in [0.2, 0.25) is 10.0 Å². The van der Waals surface area contributed by atoms with E-state index in [0.29, 0.717) is 30.2 Å². The van der Waals surface area contributed by atoms with Crippen LogP contribution in [0.2, 0.25) is 0 Å². The minimum atomic E-state index is -3.94. The molecule has 0 aromatic heterocycles. The van der Waals surface area contributed by atoms with E-state index in [4.69, 9.17) is 19.3 Å². The van der Waals surface area contributed by atoms with E-state index in [1.807, 2.05) is 51.1 Å². The number of hydrogen-bond acceptors (Lipinski definition) is 6. The van der Waals surface area contributed by atoms with Gasteiger partial charge in [0.1, 0.15) is 10.6 Å². The number of para-hydroxylation sites is 2. The molecule has 2 aromatic rings. The van der Waals surface area contributed by atoms with Gasteiger partial charge in [0, 0.05) is 5.69 Å². The van der Waals surface area contributed by atoms with Crippen LogP contribution in [0.5, 0.6) is 17.2 Å². The summed E-state index contributed by atoms with van der Waals surface area (Å²) in [6, 6.07) is 10.7. The lowest BCUT2D eigenvalue weighted by Crippen LogP contribution is -2.23. The lowest BCUT2D eigenvalue weighted by molar-refractivity contribution is 0.230. The van der Waals surface area contributed by atoms with E-state index in [-0.39, 0.29) is 23.1 Å². The summed E-state index contributed by atoms with van der Waals surface area (Å²) >= 11 is 0. The molecule has 0 bridgehead atoms. The molecule has 1 atom stereocenters. The van der Waals surface area contributed by atoms with Crippen LogP contribution in [0.3, 0.4) is 0 Å². The minimum absolute atomic E-state index is 0. The van der Waals surface area contributed by atoms with Crippen molar-refractivity contribution < 1.29 is 22.6 Å². The van der Waals surface area contributed by atoms with E-state index in [9.17, 15) is 8.42 Å². The molecule has 0 aliphatic heterocycles. The molecule has 1 unspecified atom stereocenters. The van der Waals surface area contributed by atoms with Crippen molar-refractivity contribution in [2.75, 3.05) is 19.0 Å². The largest absolute Gasteiger partial charge is 0.495 e. The van der Waals surface area contributed by atoms with E-state index >= 15 is 0 Å². The lowest BCUT2D eigenvalue weighted by Gasteiger charge is -2.21. The lowest BCUT2D eigenvalue weighted by atomic mass is 10.1. The molecule has 9 heteroatoms. The predicted octanol–water partition coefficient (Wildman–Crippen LogP) is 3.95. The number of anilines is 1. The first-order valence-corrected chi connectivity index (χ1v) is 10.7. The topological polar surface area (TPSA) is 99.9 Å². The van der Waals surface area contributed by atoms with Crippen LogP contribution in [0.15, 0.2) is 41.3 Å². The zero-order chi connectivity index (χ0) is 20.7. The number of sulfonamides is 1. The Bertz CT molecular complexity index is 906. The van der Waals surface area contributed by atoms with Gasteiger partial charge >= 0.3 is 0 Å². The molecule has 0 aliphatic carbocycles. The Kier molecular flexibility index (Phi) is 9.55. The van der Waals surface area contributed by atoms with Gasteiger partial charge in [-0.1, -0.05) is 25.5 Å². The van der Waals surface area contributed by atoms with E-state index in [1.54, 1.807) is 0 Å². The van der Waals surface area contributed by atoms with Gasteiger partial charge in [-0.05, 0) is 50.1 Å². The quantitative estimate of drug-likeness (QED) is 0.538. The number of nitrogens with one attached hydrogen (secondary N) is 1. The summed E-state index contributed by atoms with van der Waals surface area (Å²) < 4.78 is 40.9. The van der Waals surface area contributed by atoms with Gasteiger partial charge in [-0.3, -0.25) is 0 Å². The second kappa shape index (κ2) is 11.1. The molecule has 0 heterocycles. The third kappa shape index (κ3) is 6.69. The molecular formula is C20H29ClN2O5S. The van der Waals surface area contributed by atoms with Crippen LogP contribution in [-0.4, -0.2) is 28.4 Å². The summed E-state index contributed by atoms with van der Waals surface area (Å²) in [6.45, 7) is 6.26. The van der Waals surface area contributed by atoms with E-state index in [2.05, 4.69) is 5.32 Å². The van der Waals surface area contributed by atoms with Crippen molar-refractivity contribution in [3.05, 3.63) is 42.0 Å². The summed E-state index contributed by atoms with van der Waals surface area (Å²) in [5, 5.41) is 8.56. The van der Waals surface area contributed by atoms with Crippen LogP contribution >= 0.6 is 12.4 Å². The fourth-order valence-electron chi connectivity index (χ4n) is 2.92. The maximum Gasteiger partial charge on any atom is 0.241 e. The monoisotopic (exact) mass is 444 g/mol. The van der Waals surface area contributed by atoms with Gasteiger partial charge in [-0.15, -0.1) is 12.4 Å². The SMILES string of the molecule is CCCc1cc(NC(C)Oc2ccccc2OCC)cc(S(N)(=O)=O)c1OC.Cl. The van der Waals surface area contributed by atoms with Crippen LogP contribution in [0.4, 0.5) is 5.69 Å². The molecule has 0 spiro atoms. The Morgan fingerprint density at radius 2 is 1.79 bits per heavy atom. The molecule has 7 nitrogen and oxygen atoms in total. The van der Waals surface area contributed by atoms with Crippen LogP contribution < -0.4 is 24.7 Å². The van der Waals surface area contributed by atoms with E-state index in [0.717, 1.165) is 12.0 Å². The Hall–Kier alpha value is -2.16.